The molecular formula is C21H19Br2NO5. The second kappa shape index (κ2) is 9.67. The number of hydrogen-bond acceptors (Lipinski definition) is 5. The molecule has 3 rings (SSSR count). The first-order valence-electron chi connectivity index (χ1n) is 8.92. The number of ether oxygens (including phenoxy) is 1. The molecule has 2 N–H and O–H groups in total. The third kappa shape index (κ3) is 4.78. The summed E-state index contributed by atoms with van der Waals surface area (Å²) in [4.78, 5) is 27.0. The summed E-state index contributed by atoms with van der Waals surface area (Å²) in [6.07, 6.45) is 0. The topological polar surface area (TPSA) is 87.1 Å². The number of benzene rings is 2. The minimum atomic E-state index is -0.742. The first-order valence-corrected chi connectivity index (χ1v) is 10.5. The lowest BCUT2D eigenvalue weighted by atomic mass is 9.95. The molecular weight excluding hydrogens is 506 g/mol. The number of carbonyl (C=O) groups excluding carboxylic acids is 2. The van der Waals surface area contributed by atoms with Crippen molar-refractivity contribution in [3.8, 4) is 0 Å². The first-order chi connectivity index (χ1) is 13.9. The van der Waals surface area contributed by atoms with Gasteiger partial charge in [0.2, 0.25) is 0 Å². The summed E-state index contributed by atoms with van der Waals surface area (Å²) in [5, 5.41) is 19.8. The van der Waals surface area contributed by atoms with Crippen LogP contribution < -0.4 is 0 Å². The number of carbonyl (C=O) groups is 2. The van der Waals surface area contributed by atoms with E-state index in [0.717, 1.165) is 8.95 Å². The van der Waals surface area contributed by atoms with Crippen molar-refractivity contribution in [3.63, 3.8) is 0 Å². The average Bonchev–Trinajstić information content (AvgIpc) is 2.96. The summed E-state index contributed by atoms with van der Waals surface area (Å²) >= 11 is 6.76. The van der Waals surface area contributed by atoms with Crippen molar-refractivity contribution in [1.29, 1.82) is 0 Å². The number of nitrogens with zero attached hydrogens (tertiary/aromatic N) is 1. The number of aliphatic hydroxyl groups excluding tert-OH is 2. The minimum Gasteiger partial charge on any atom is -0.507 e. The molecule has 0 saturated carbocycles. The van der Waals surface area contributed by atoms with Crippen LogP contribution in [0, 0.1) is 0 Å². The predicted molar refractivity (Wildman–Crippen MR) is 115 cm³/mol. The third-order valence-electron chi connectivity index (χ3n) is 4.53. The van der Waals surface area contributed by atoms with Crippen molar-refractivity contribution in [2.45, 2.75) is 6.04 Å². The van der Waals surface area contributed by atoms with Crippen molar-refractivity contribution in [1.82, 2.24) is 4.90 Å². The molecule has 1 unspecified atom stereocenters. The lowest BCUT2D eigenvalue weighted by molar-refractivity contribution is -0.140. The Labute approximate surface area is 185 Å². The van der Waals surface area contributed by atoms with Crippen molar-refractivity contribution in [2.75, 3.05) is 26.4 Å². The van der Waals surface area contributed by atoms with E-state index in [4.69, 9.17) is 9.84 Å². The van der Waals surface area contributed by atoms with Crippen LogP contribution in [0.3, 0.4) is 0 Å². The van der Waals surface area contributed by atoms with Gasteiger partial charge in [0, 0.05) is 21.1 Å². The number of aliphatic hydroxyl groups is 2. The van der Waals surface area contributed by atoms with Gasteiger partial charge in [-0.1, -0.05) is 56.1 Å². The van der Waals surface area contributed by atoms with Crippen LogP contribution in [-0.2, 0) is 14.3 Å². The Balaban J connectivity index is 2.07. The van der Waals surface area contributed by atoms with Crippen molar-refractivity contribution in [2.24, 2.45) is 0 Å². The van der Waals surface area contributed by atoms with E-state index in [0.29, 0.717) is 11.1 Å². The van der Waals surface area contributed by atoms with Crippen LogP contribution in [0.4, 0.5) is 0 Å². The fourth-order valence-corrected chi connectivity index (χ4v) is 3.91. The molecule has 1 heterocycles. The quantitative estimate of drug-likeness (QED) is 0.250. The van der Waals surface area contributed by atoms with E-state index in [-0.39, 0.29) is 37.7 Å². The highest BCUT2D eigenvalue weighted by Crippen LogP contribution is 2.39. The highest BCUT2D eigenvalue weighted by atomic mass is 79.9. The van der Waals surface area contributed by atoms with Gasteiger partial charge in [0.25, 0.3) is 11.7 Å². The molecule has 0 aromatic heterocycles. The Morgan fingerprint density at radius 2 is 1.76 bits per heavy atom. The highest BCUT2D eigenvalue weighted by Gasteiger charge is 2.45. The zero-order valence-electron chi connectivity index (χ0n) is 15.3. The predicted octanol–water partition coefficient (Wildman–Crippen LogP) is 3.64. The van der Waals surface area contributed by atoms with Gasteiger partial charge in [0.05, 0.1) is 31.4 Å². The molecule has 2 aromatic rings. The van der Waals surface area contributed by atoms with Crippen LogP contribution in [0.1, 0.15) is 17.2 Å². The molecule has 8 heteroatoms. The monoisotopic (exact) mass is 523 g/mol. The molecule has 1 saturated heterocycles. The Kier molecular flexibility index (Phi) is 7.23. The number of ketones is 1. The highest BCUT2D eigenvalue weighted by molar-refractivity contribution is 9.10. The number of halogens is 2. The molecule has 0 radical (unpaired) electrons. The van der Waals surface area contributed by atoms with E-state index in [1.165, 1.54) is 4.90 Å². The molecule has 1 fully saturated rings. The van der Waals surface area contributed by atoms with E-state index in [9.17, 15) is 14.7 Å². The van der Waals surface area contributed by atoms with E-state index < -0.39 is 17.7 Å². The summed E-state index contributed by atoms with van der Waals surface area (Å²) in [5.74, 6) is -1.65. The molecule has 1 aliphatic heterocycles. The largest absolute Gasteiger partial charge is 0.507 e. The van der Waals surface area contributed by atoms with Crippen molar-refractivity contribution >= 4 is 49.3 Å². The summed E-state index contributed by atoms with van der Waals surface area (Å²) in [6, 6.07) is 13.4. The van der Waals surface area contributed by atoms with Crippen LogP contribution in [0.5, 0.6) is 0 Å². The van der Waals surface area contributed by atoms with E-state index in [1.807, 2.05) is 12.1 Å². The maximum absolute atomic E-state index is 12.8. The maximum Gasteiger partial charge on any atom is 0.295 e. The summed E-state index contributed by atoms with van der Waals surface area (Å²) in [5.41, 5.74) is 1.18. The van der Waals surface area contributed by atoms with E-state index in [1.54, 1.807) is 36.4 Å². The molecule has 2 aromatic carbocycles. The Morgan fingerprint density at radius 1 is 1.03 bits per heavy atom. The zero-order valence-corrected chi connectivity index (χ0v) is 18.5. The Hall–Kier alpha value is -2.00. The molecule has 1 atom stereocenters. The average molecular weight is 525 g/mol. The molecule has 0 bridgehead atoms. The van der Waals surface area contributed by atoms with Crippen molar-refractivity contribution < 1.29 is 24.5 Å². The molecule has 1 amide bonds. The summed E-state index contributed by atoms with van der Waals surface area (Å²) < 4.78 is 6.91. The van der Waals surface area contributed by atoms with Crippen LogP contribution in [0.25, 0.3) is 5.76 Å². The standard InChI is InChI=1S/C21H19Br2NO5/c22-15-6-4-13(5-7-15)19(26)17-18(14-2-1-3-16(23)12-14)24(21(28)20(17)27)8-10-29-11-9-25/h1-7,12,18,25-26H,8-11H2/b19-17+. The van der Waals surface area contributed by atoms with Crippen LogP contribution >= 0.6 is 31.9 Å². The van der Waals surface area contributed by atoms with Gasteiger partial charge in [-0.3, -0.25) is 9.59 Å². The SMILES string of the molecule is O=C1C(=O)N(CCOCCO)C(c2cccc(Br)c2)/C1=C(\O)c1ccc(Br)cc1. The fourth-order valence-electron chi connectivity index (χ4n) is 3.23. The van der Waals surface area contributed by atoms with Gasteiger partial charge in [0.1, 0.15) is 5.76 Å². The molecule has 6 nitrogen and oxygen atoms in total. The van der Waals surface area contributed by atoms with Gasteiger partial charge < -0.3 is 19.8 Å². The van der Waals surface area contributed by atoms with Gasteiger partial charge in [-0.2, -0.15) is 0 Å². The smallest absolute Gasteiger partial charge is 0.295 e. The van der Waals surface area contributed by atoms with Crippen LogP contribution in [-0.4, -0.2) is 53.2 Å². The number of hydrogen-bond donors (Lipinski definition) is 2. The van der Waals surface area contributed by atoms with E-state index in [2.05, 4.69) is 31.9 Å². The molecule has 152 valence electrons. The second-order valence-corrected chi connectivity index (χ2v) is 8.22. The Bertz CT molecular complexity index is 942. The lowest BCUT2D eigenvalue weighted by Crippen LogP contribution is -2.33. The second-order valence-electron chi connectivity index (χ2n) is 6.39. The number of likely N-dealkylation sites (tertiary alicyclic amines) is 1. The van der Waals surface area contributed by atoms with Crippen molar-refractivity contribution in [3.05, 3.63) is 74.2 Å². The van der Waals surface area contributed by atoms with Gasteiger partial charge in [0.15, 0.2) is 0 Å². The normalized spacial score (nSPS) is 18.4. The zero-order chi connectivity index (χ0) is 21.0. The molecule has 0 aliphatic carbocycles. The van der Waals surface area contributed by atoms with E-state index >= 15 is 0 Å². The fraction of sp³-hybridized carbons (Fsp3) is 0.238. The Morgan fingerprint density at radius 3 is 2.41 bits per heavy atom. The summed E-state index contributed by atoms with van der Waals surface area (Å²) in [7, 11) is 0. The summed E-state index contributed by atoms with van der Waals surface area (Å²) in [6.45, 7) is 0.330. The van der Waals surface area contributed by atoms with Gasteiger partial charge >= 0.3 is 0 Å². The number of Topliss-reactive ketones (excluding diaryl/α,β-unsaturated/α-hetero) is 1. The first kappa shape index (κ1) is 21.7. The number of amides is 1. The van der Waals surface area contributed by atoms with Gasteiger partial charge in [-0.25, -0.2) is 0 Å². The molecule has 29 heavy (non-hydrogen) atoms. The van der Waals surface area contributed by atoms with Crippen LogP contribution in [0.2, 0.25) is 0 Å². The molecule has 0 spiro atoms. The molecule has 1 aliphatic rings. The number of rotatable bonds is 7. The van der Waals surface area contributed by atoms with Gasteiger partial charge in [-0.15, -0.1) is 0 Å². The minimum absolute atomic E-state index is 0.0394. The maximum atomic E-state index is 12.8. The van der Waals surface area contributed by atoms with Crippen LogP contribution in [0.15, 0.2) is 63.0 Å². The van der Waals surface area contributed by atoms with Gasteiger partial charge in [-0.05, 0) is 29.8 Å². The lowest BCUT2D eigenvalue weighted by Gasteiger charge is -2.25. The third-order valence-corrected chi connectivity index (χ3v) is 5.56.